The second-order valence-electron chi connectivity index (χ2n) is 11.4. The number of aryl methyl sites for hydroxylation is 2. The van der Waals surface area contributed by atoms with E-state index in [-0.39, 0.29) is 23.2 Å². The summed E-state index contributed by atoms with van der Waals surface area (Å²) in [4.78, 5) is 27.4. The van der Waals surface area contributed by atoms with Crippen LogP contribution in [-0.2, 0) is 14.1 Å². The number of nitrogens with one attached hydrogen (secondary N) is 2. The van der Waals surface area contributed by atoms with Gasteiger partial charge in [0.1, 0.15) is 28.8 Å². The first kappa shape index (κ1) is 33.5. The largest absolute Gasteiger partial charge is 0.347 e. The van der Waals surface area contributed by atoms with E-state index >= 15 is 0 Å². The van der Waals surface area contributed by atoms with E-state index in [9.17, 15) is 27.2 Å². The predicted molar refractivity (Wildman–Crippen MR) is 163 cm³/mol. The molecule has 12 nitrogen and oxygen atoms in total. The Morgan fingerprint density at radius 3 is 1.65 bits per heavy atom. The average molecular weight is 663 g/mol. The number of hydrogen-bond acceptors (Lipinski definition) is 8. The molecule has 16 heteroatoms. The van der Waals surface area contributed by atoms with Gasteiger partial charge >= 0.3 is 0 Å². The van der Waals surface area contributed by atoms with Crippen LogP contribution in [0.25, 0.3) is 22.3 Å². The lowest BCUT2D eigenvalue weighted by Crippen LogP contribution is -2.37. The smallest absolute Gasteiger partial charge is 0.257 e. The second kappa shape index (κ2) is 14.3. The van der Waals surface area contributed by atoms with Crippen LogP contribution in [0.2, 0.25) is 0 Å². The molecular formula is C32H30F4N10O2. The number of halogens is 4. The van der Waals surface area contributed by atoms with Gasteiger partial charge in [0.15, 0.2) is 12.4 Å². The molecule has 0 bridgehead atoms. The first-order valence-corrected chi connectivity index (χ1v) is 14.8. The van der Waals surface area contributed by atoms with Crippen LogP contribution in [0.3, 0.4) is 0 Å². The van der Waals surface area contributed by atoms with Crippen molar-refractivity contribution in [3.63, 3.8) is 0 Å². The fourth-order valence-corrected chi connectivity index (χ4v) is 5.52. The van der Waals surface area contributed by atoms with E-state index in [1.807, 2.05) is 12.4 Å². The van der Waals surface area contributed by atoms with E-state index in [1.165, 1.54) is 37.8 Å². The van der Waals surface area contributed by atoms with Gasteiger partial charge in [-0.15, -0.1) is 0 Å². The Bertz CT molecular complexity index is 1880. The number of carbonyl (C=O) groups excluding carboxylic acids is 2. The minimum atomic E-state index is -0.929. The quantitative estimate of drug-likeness (QED) is 0.236. The zero-order chi connectivity index (χ0) is 34.5. The molecule has 4 aromatic rings. The van der Waals surface area contributed by atoms with Crippen molar-refractivity contribution in [2.75, 3.05) is 26.2 Å². The number of rotatable bonds is 6. The fourth-order valence-electron chi connectivity index (χ4n) is 5.52. The molecule has 2 N–H and O–H groups in total. The summed E-state index contributed by atoms with van der Waals surface area (Å²) in [6, 6.07) is 3.75. The zero-order valence-electron chi connectivity index (χ0n) is 25.9. The van der Waals surface area contributed by atoms with Crippen molar-refractivity contribution < 1.29 is 27.2 Å². The first-order chi connectivity index (χ1) is 22.9. The highest BCUT2D eigenvalue weighted by molar-refractivity contribution is 5.96. The van der Waals surface area contributed by atoms with Crippen molar-refractivity contribution in [1.82, 2.24) is 40.0 Å². The lowest BCUT2D eigenvalue weighted by molar-refractivity contribution is 0.0924. The molecule has 2 aliphatic rings. The van der Waals surface area contributed by atoms with E-state index in [0.29, 0.717) is 55.7 Å². The van der Waals surface area contributed by atoms with Crippen LogP contribution in [0.15, 0.2) is 49.1 Å². The lowest BCUT2D eigenvalue weighted by atomic mass is 10.0. The van der Waals surface area contributed by atoms with Gasteiger partial charge in [-0.05, 0) is 42.7 Å². The van der Waals surface area contributed by atoms with Gasteiger partial charge in [0.25, 0.3) is 11.8 Å². The Morgan fingerprint density at radius 1 is 0.729 bits per heavy atom. The summed E-state index contributed by atoms with van der Waals surface area (Å²) < 4.78 is 60.1. The molecule has 0 saturated carbocycles. The number of amides is 2. The molecule has 2 aromatic heterocycles. The summed E-state index contributed by atoms with van der Waals surface area (Å²) in [6.07, 6.45) is 11.1. The number of likely N-dealkylation sites (tertiary alicyclic amines) is 2. The van der Waals surface area contributed by atoms with Crippen LogP contribution in [0.4, 0.5) is 17.6 Å². The Kier molecular flexibility index (Phi) is 9.93. The van der Waals surface area contributed by atoms with Crippen LogP contribution in [0.1, 0.15) is 33.6 Å². The highest BCUT2D eigenvalue weighted by atomic mass is 19.1. The van der Waals surface area contributed by atoms with Crippen molar-refractivity contribution in [2.24, 2.45) is 14.1 Å². The number of carbonyl (C=O) groups is 2. The monoisotopic (exact) mass is 662 g/mol. The summed E-state index contributed by atoms with van der Waals surface area (Å²) in [5.74, 6) is -4.87. The Balaban J connectivity index is 0.000000188. The molecule has 48 heavy (non-hydrogen) atoms. The van der Waals surface area contributed by atoms with Gasteiger partial charge in [0.2, 0.25) is 0 Å². The van der Waals surface area contributed by atoms with Crippen molar-refractivity contribution in [2.45, 2.75) is 24.9 Å². The molecule has 0 unspecified atom stereocenters. The molecule has 248 valence electrons. The van der Waals surface area contributed by atoms with E-state index in [0.717, 1.165) is 24.3 Å². The molecule has 4 heterocycles. The van der Waals surface area contributed by atoms with Gasteiger partial charge in [0.05, 0.1) is 18.0 Å². The summed E-state index contributed by atoms with van der Waals surface area (Å²) >= 11 is 0. The van der Waals surface area contributed by atoms with Crippen LogP contribution >= 0.6 is 0 Å². The third kappa shape index (κ3) is 7.55. The highest BCUT2D eigenvalue weighted by Gasteiger charge is 2.27. The maximum absolute atomic E-state index is 14.3. The van der Waals surface area contributed by atoms with Gasteiger partial charge in [-0.3, -0.25) is 19.0 Å². The summed E-state index contributed by atoms with van der Waals surface area (Å²) in [6.45, 7) is 1.83. The van der Waals surface area contributed by atoms with Gasteiger partial charge in [-0.1, -0.05) is 0 Å². The Labute approximate surface area is 272 Å². The summed E-state index contributed by atoms with van der Waals surface area (Å²) in [5.41, 5.74) is 0.260. The summed E-state index contributed by atoms with van der Waals surface area (Å²) in [5, 5.41) is 30.7. The number of benzene rings is 2. The fraction of sp³-hybridized carbons (Fsp3) is 0.312. The first-order valence-electron chi connectivity index (χ1n) is 14.8. The average Bonchev–Trinajstić information content (AvgIpc) is 3.86. The molecule has 0 aliphatic carbocycles. The van der Waals surface area contributed by atoms with E-state index in [1.54, 1.807) is 20.3 Å². The third-order valence-corrected chi connectivity index (χ3v) is 7.94. The molecule has 6 rings (SSSR count). The maximum atomic E-state index is 14.3. The normalized spacial score (nSPS) is 16.9. The van der Waals surface area contributed by atoms with E-state index < -0.39 is 40.6 Å². The minimum absolute atomic E-state index is 0.0898. The van der Waals surface area contributed by atoms with Crippen LogP contribution in [-0.4, -0.2) is 79.4 Å². The Morgan fingerprint density at radius 2 is 1.21 bits per heavy atom. The molecule has 2 atom stereocenters. The molecule has 2 aliphatic heterocycles. The standard InChI is InChI=1S/2C16H15F2N5O/c1-22-7-11(6-20-22)15-13(17)4-10(5-14(15)18)16(24)21-12-2-3-23(8-12)9-19;1-22-7-11(6-20-22)10-4-13(17)15(14(18)5-10)16(24)21-12-2-3-23(8-12)9-19/h2*4-7,12H,2-3,8H2,1H3,(H,21,24)/t2*12-/m11/s1. The molecule has 0 spiro atoms. The molecule has 2 saturated heterocycles. The molecule has 0 radical (unpaired) electrons. The topological polar surface area (TPSA) is 148 Å². The van der Waals surface area contributed by atoms with Gasteiger partial charge in [-0.2, -0.15) is 20.7 Å². The highest BCUT2D eigenvalue weighted by Crippen LogP contribution is 2.27. The SMILES string of the molecule is Cn1cc(-c2c(F)cc(C(=O)N[C@@H]3CCN(C#N)C3)cc2F)cn1.Cn1cc(-c2cc(F)c(C(=O)N[C@@H]3CCN(C#N)C3)c(F)c2)cn1. The summed E-state index contributed by atoms with van der Waals surface area (Å²) in [7, 11) is 3.34. The van der Waals surface area contributed by atoms with Gasteiger partial charge < -0.3 is 20.4 Å². The van der Waals surface area contributed by atoms with Crippen molar-refractivity contribution in [3.8, 4) is 34.6 Å². The van der Waals surface area contributed by atoms with Crippen molar-refractivity contribution >= 4 is 11.8 Å². The number of nitrogens with zero attached hydrogens (tertiary/aromatic N) is 8. The zero-order valence-corrected chi connectivity index (χ0v) is 25.9. The molecular weight excluding hydrogens is 632 g/mol. The second-order valence-corrected chi connectivity index (χ2v) is 11.4. The lowest BCUT2D eigenvalue weighted by Gasteiger charge is -2.13. The van der Waals surface area contributed by atoms with Crippen molar-refractivity contribution in [3.05, 3.63) is 83.4 Å². The van der Waals surface area contributed by atoms with Crippen LogP contribution in [0, 0.1) is 46.2 Å². The molecule has 2 amide bonds. The van der Waals surface area contributed by atoms with Gasteiger partial charge in [-0.25, -0.2) is 17.6 Å². The number of nitriles is 2. The minimum Gasteiger partial charge on any atom is -0.347 e. The molecule has 2 fully saturated rings. The predicted octanol–water partition coefficient (Wildman–Crippen LogP) is 3.30. The van der Waals surface area contributed by atoms with Gasteiger partial charge in [0, 0.05) is 81.4 Å². The number of hydrogen-bond donors (Lipinski definition) is 2. The van der Waals surface area contributed by atoms with Crippen molar-refractivity contribution in [1.29, 1.82) is 10.5 Å². The van der Waals surface area contributed by atoms with E-state index in [4.69, 9.17) is 10.5 Å². The van der Waals surface area contributed by atoms with Crippen LogP contribution < -0.4 is 10.6 Å². The molecule has 2 aromatic carbocycles. The third-order valence-electron chi connectivity index (χ3n) is 7.94. The Hall–Kier alpha value is -5.90. The van der Waals surface area contributed by atoms with E-state index in [2.05, 4.69) is 20.8 Å². The maximum Gasteiger partial charge on any atom is 0.257 e. The van der Waals surface area contributed by atoms with Crippen LogP contribution in [0.5, 0.6) is 0 Å². The number of aromatic nitrogens is 4.